The third-order valence-corrected chi connectivity index (χ3v) is 4.12. The second-order valence-corrected chi connectivity index (χ2v) is 6.12. The fraction of sp³-hybridized carbons (Fsp3) is 0.588. The van der Waals surface area contributed by atoms with E-state index in [1.54, 1.807) is 0 Å². The Morgan fingerprint density at radius 2 is 1.90 bits per heavy atom. The highest BCUT2D eigenvalue weighted by molar-refractivity contribution is 5.89. The van der Waals surface area contributed by atoms with Crippen molar-refractivity contribution in [1.29, 1.82) is 0 Å². The zero-order valence-corrected chi connectivity index (χ0v) is 13.2. The molecular formula is C17H27N3O. The number of benzene rings is 1. The van der Waals surface area contributed by atoms with Crippen molar-refractivity contribution < 1.29 is 4.79 Å². The van der Waals surface area contributed by atoms with Crippen LogP contribution in [0.25, 0.3) is 0 Å². The predicted octanol–water partition coefficient (Wildman–Crippen LogP) is 3.24. The number of hydrogen-bond acceptors (Lipinski definition) is 2. The Bertz CT molecular complexity index is 436. The molecule has 0 radical (unpaired) electrons. The lowest BCUT2D eigenvalue weighted by Gasteiger charge is -2.30. The number of urea groups is 1. The molecule has 4 heteroatoms. The minimum atomic E-state index is -0.119. The van der Waals surface area contributed by atoms with Gasteiger partial charge in [0.05, 0.1) is 0 Å². The van der Waals surface area contributed by atoms with Crippen LogP contribution in [0, 0.1) is 12.8 Å². The van der Waals surface area contributed by atoms with Gasteiger partial charge in [0.15, 0.2) is 0 Å². The summed E-state index contributed by atoms with van der Waals surface area (Å²) in [6.45, 7) is 8.58. The molecule has 2 N–H and O–H groups in total. The average Bonchev–Trinajstić information content (AvgIpc) is 2.48. The molecule has 0 bridgehead atoms. The number of likely N-dealkylation sites (tertiary alicyclic amines) is 1. The Morgan fingerprint density at radius 3 is 2.57 bits per heavy atom. The summed E-state index contributed by atoms with van der Waals surface area (Å²) in [6, 6.07) is 7.71. The van der Waals surface area contributed by atoms with Crippen molar-refractivity contribution in [2.75, 3.05) is 31.5 Å². The summed E-state index contributed by atoms with van der Waals surface area (Å²) in [5.74, 6) is 0.875. The number of aryl methyl sites for hydroxylation is 1. The van der Waals surface area contributed by atoms with E-state index in [4.69, 9.17) is 0 Å². The number of rotatable bonds is 5. The smallest absolute Gasteiger partial charge is 0.319 e. The molecule has 1 saturated heterocycles. The van der Waals surface area contributed by atoms with E-state index in [1.807, 2.05) is 31.2 Å². The van der Waals surface area contributed by atoms with Gasteiger partial charge in [0.1, 0.15) is 0 Å². The molecule has 1 fully saturated rings. The molecule has 2 amide bonds. The highest BCUT2D eigenvalue weighted by Gasteiger charge is 2.14. The summed E-state index contributed by atoms with van der Waals surface area (Å²) in [5.41, 5.74) is 2.03. The Kier molecular flexibility index (Phi) is 6.05. The Morgan fingerprint density at radius 1 is 1.24 bits per heavy atom. The lowest BCUT2D eigenvalue weighted by atomic mass is 9.99. The largest absolute Gasteiger partial charge is 0.338 e. The van der Waals surface area contributed by atoms with Crippen LogP contribution in [0.5, 0.6) is 0 Å². The van der Waals surface area contributed by atoms with Crippen molar-refractivity contribution >= 4 is 11.7 Å². The summed E-state index contributed by atoms with van der Waals surface area (Å²) in [4.78, 5) is 14.3. The van der Waals surface area contributed by atoms with E-state index in [-0.39, 0.29) is 6.03 Å². The molecule has 1 heterocycles. The van der Waals surface area contributed by atoms with Gasteiger partial charge in [0, 0.05) is 12.2 Å². The van der Waals surface area contributed by atoms with Gasteiger partial charge in [0.2, 0.25) is 0 Å². The van der Waals surface area contributed by atoms with Crippen molar-refractivity contribution in [1.82, 2.24) is 10.2 Å². The van der Waals surface area contributed by atoms with Gasteiger partial charge in [0.25, 0.3) is 0 Å². The summed E-state index contributed by atoms with van der Waals surface area (Å²) in [6.07, 6.45) is 3.62. The molecule has 0 spiro atoms. The molecule has 1 aliphatic rings. The Hall–Kier alpha value is -1.55. The minimum absolute atomic E-state index is 0.119. The van der Waals surface area contributed by atoms with Crippen LogP contribution in [0.4, 0.5) is 10.5 Å². The fourth-order valence-electron chi connectivity index (χ4n) is 2.60. The van der Waals surface area contributed by atoms with Crippen molar-refractivity contribution in [3.05, 3.63) is 29.8 Å². The van der Waals surface area contributed by atoms with Gasteiger partial charge in [-0.15, -0.1) is 0 Å². The number of nitrogens with one attached hydrogen (secondary N) is 2. The number of amides is 2. The van der Waals surface area contributed by atoms with Crippen molar-refractivity contribution in [2.45, 2.75) is 33.1 Å². The molecule has 0 unspecified atom stereocenters. The van der Waals surface area contributed by atoms with Gasteiger partial charge < -0.3 is 15.5 Å². The number of piperidine rings is 1. The summed E-state index contributed by atoms with van der Waals surface area (Å²) in [5, 5.41) is 5.77. The van der Waals surface area contributed by atoms with Gasteiger partial charge in [-0.3, -0.25) is 0 Å². The van der Waals surface area contributed by atoms with Crippen LogP contribution in [0.3, 0.4) is 0 Å². The Balaban J connectivity index is 1.58. The third kappa shape index (κ3) is 5.76. The topological polar surface area (TPSA) is 44.4 Å². The molecule has 1 aromatic rings. The molecule has 0 aliphatic carbocycles. The lowest BCUT2D eigenvalue weighted by Crippen LogP contribution is -2.36. The van der Waals surface area contributed by atoms with E-state index in [0.29, 0.717) is 0 Å². The quantitative estimate of drug-likeness (QED) is 0.817. The van der Waals surface area contributed by atoms with Crippen LogP contribution in [0.2, 0.25) is 0 Å². The normalized spacial score (nSPS) is 16.7. The van der Waals surface area contributed by atoms with Gasteiger partial charge >= 0.3 is 6.03 Å². The molecule has 1 aliphatic heterocycles. The molecular weight excluding hydrogens is 262 g/mol. The van der Waals surface area contributed by atoms with E-state index >= 15 is 0 Å². The maximum absolute atomic E-state index is 11.8. The number of anilines is 1. The van der Waals surface area contributed by atoms with Crippen LogP contribution in [0.1, 0.15) is 31.7 Å². The highest BCUT2D eigenvalue weighted by Crippen LogP contribution is 2.15. The maximum atomic E-state index is 11.8. The first-order valence-electron chi connectivity index (χ1n) is 7.97. The van der Waals surface area contributed by atoms with E-state index in [9.17, 15) is 4.79 Å². The van der Waals surface area contributed by atoms with Gasteiger partial charge in [-0.05, 0) is 63.9 Å². The van der Waals surface area contributed by atoms with Crippen LogP contribution in [-0.2, 0) is 0 Å². The summed E-state index contributed by atoms with van der Waals surface area (Å²) < 4.78 is 0. The SMILES string of the molecule is Cc1ccc(NC(=O)NCCCN2CCC(C)CC2)cc1. The van der Waals surface area contributed by atoms with Crippen molar-refractivity contribution in [3.8, 4) is 0 Å². The lowest BCUT2D eigenvalue weighted by molar-refractivity contribution is 0.190. The maximum Gasteiger partial charge on any atom is 0.319 e. The second kappa shape index (κ2) is 8.03. The fourth-order valence-corrected chi connectivity index (χ4v) is 2.60. The zero-order valence-electron chi connectivity index (χ0n) is 13.2. The van der Waals surface area contributed by atoms with E-state index < -0.39 is 0 Å². The first-order chi connectivity index (χ1) is 10.1. The minimum Gasteiger partial charge on any atom is -0.338 e. The van der Waals surface area contributed by atoms with Crippen molar-refractivity contribution in [3.63, 3.8) is 0 Å². The third-order valence-electron chi connectivity index (χ3n) is 4.12. The molecule has 1 aromatic carbocycles. The highest BCUT2D eigenvalue weighted by atomic mass is 16.2. The molecule has 4 nitrogen and oxygen atoms in total. The monoisotopic (exact) mass is 289 g/mol. The molecule has 116 valence electrons. The Labute approximate surface area is 127 Å². The van der Waals surface area contributed by atoms with Gasteiger partial charge in [-0.1, -0.05) is 24.6 Å². The molecule has 0 atom stereocenters. The number of nitrogens with zero attached hydrogens (tertiary/aromatic N) is 1. The number of hydrogen-bond donors (Lipinski definition) is 2. The van der Waals surface area contributed by atoms with E-state index in [0.717, 1.165) is 31.1 Å². The molecule has 2 rings (SSSR count). The average molecular weight is 289 g/mol. The zero-order chi connectivity index (χ0) is 15.1. The summed E-state index contributed by atoms with van der Waals surface area (Å²) in [7, 11) is 0. The standard InChI is InChI=1S/C17H27N3O/c1-14-4-6-16(7-5-14)19-17(21)18-10-3-11-20-12-8-15(2)9-13-20/h4-7,15H,3,8-13H2,1-2H3,(H2,18,19,21). The van der Waals surface area contributed by atoms with Crippen LogP contribution in [-0.4, -0.2) is 37.1 Å². The van der Waals surface area contributed by atoms with Crippen LogP contribution >= 0.6 is 0 Å². The predicted molar refractivity (Wildman–Crippen MR) is 87.7 cm³/mol. The van der Waals surface area contributed by atoms with E-state index in [1.165, 1.54) is 31.5 Å². The number of carbonyl (C=O) groups excluding carboxylic acids is 1. The first-order valence-corrected chi connectivity index (χ1v) is 7.97. The van der Waals surface area contributed by atoms with Gasteiger partial charge in [-0.2, -0.15) is 0 Å². The molecule has 0 aromatic heterocycles. The first kappa shape index (κ1) is 15.8. The molecule has 21 heavy (non-hydrogen) atoms. The van der Waals surface area contributed by atoms with Gasteiger partial charge in [-0.25, -0.2) is 4.79 Å². The second-order valence-electron chi connectivity index (χ2n) is 6.12. The summed E-state index contributed by atoms with van der Waals surface area (Å²) >= 11 is 0. The van der Waals surface area contributed by atoms with Crippen LogP contribution < -0.4 is 10.6 Å². The number of carbonyl (C=O) groups is 1. The van der Waals surface area contributed by atoms with Crippen LogP contribution in [0.15, 0.2) is 24.3 Å². The van der Waals surface area contributed by atoms with Crippen molar-refractivity contribution in [2.24, 2.45) is 5.92 Å². The molecule has 0 saturated carbocycles. The van der Waals surface area contributed by atoms with E-state index in [2.05, 4.69) is 22.5 Å².